The lowest BCUT2D eigenvalue weighted by molar-refractivity contribution is -0.673. The van der Waals surface area contributed by atoms with Crippen molar-refractivity contribution in [2.45, 2.75) is 20.0 Å². The summed E-state index contributed by atoms with van der Waals surface area (Å²) in [6.07, 6.45) is 2.06. The minimum Gasteiger partial charge on any atom is -1.00 e. The molecule has 2 aromatic rings. The maximum absolute atomic E-state index is 8.93. The van der Waals surface area contributed by atoms with Crippen molar-refractivity contribution >= 4 is 11.0 Å². The van der Waals surface area contributed by atoms with Gasteiger partial charge in [0, 0.05) is 0 Å². The highest BCUT2D eigenvalue weighted by Crippen LogP contribution is 2.09. The molecule has 3 nitrogen and oxygen atoms in total. The van der Waals surface area contributed by atoms with Gasteiger partial charge in [0.15, 0.2) is 11.0 Å². The summed E-state index contributed by atoms with van der Waals surface area (Å²) in [7, 11) is 0. The average Bonchev–Trinajstić information content (AvgIpc) is 2.58. The predicted octanol–water partition coefficient (Wildman–Crippen LogP) is -2.05. The second-order valence-corrected chi connectivity index (χ2v) is 3.31. The van der Waals surface area contributed by atoms with E-state index >= 15 is 0 Å². The average molecular weight is 271 g/mol. The van der Waals surface area contributed by atoms with Crippen molar-refractivity contribution in [2.75, 3.05) is 6.61 Å². The highest BCUT2D eigenvalue weighted by molar-refractivity contribution is 5.71. The van der Waals surface area contributed by atoms with E-state index in [1.165, 1.54) is 11.0 Å². The SMILES string of the molecule is CCn1c[n+](CCO)c2ccccc21.[Br-]. The summed E-state index contributed by atoms with van der Waals surface area (Å²) in [5.41, 5.74) is 2.41. The lowest BCUT2D eigenvalue weighted by Gasteiger charge is -1.91. The number of rotatable bonds is 3. The molecule has 0 atom stereocenters. The van der Waals surface area contributed by atoms with Gasteiger partial charge in [-0.2, -0.15) is 0 Å². The first-order chi connectivity index (χ1) is 6.86. The fourth-order valence-corrected chi connectivity index (χ4v) is 1.78. The van der Waals surface area contributed by atoms with Crippen LogP contribution in [0.15, 0.2) is 30.6 Å². The van der Waals surface area contributed by atoms with Crippen LogP contribution in [0.25, 0.3) is 11.0 Å². The Morgan fingerprint density at radius 3 is 2.73 bits per heavy atom. The molecule has 0 fully saturated rings. The number of benzene rings is 1. The maximum Gasteiger partial charge on any atom is 0.244 e. The van der Waals surface area contributed by atoms with Crippen LogP contribution in [0.3, 0.4) is 0 Å². The van der Waals surface area contributed by atoms with Crippen LogP contribution in [-0.4, -0.2) is 16.3 Å². The van der Waals surface area contributed by atoms with Gasteiger partial charge in [0.2, 0.25) is 6.33 Å². The van der Waals surface area contributed by atoms with E-state index in [1.807, 2.05) is 12.1 Å². The number of nitrogens with zero attached hydrogens (tertiary/aromatic N) is 2. The zero-order valence-corrected chi connectivity index (χ0v) is 10.3. The number of hydrogen-bond donors (Lipinski definition) is 1. The zero-order valence-electron chi connectivity index (χ0n) is 8.73. The molecule has 0 bridgehead atoms. The molecule has 0 spiro atoms. The molecule has 0 saturated carbocycles. The molecule has 15 heavy (non-hydrogen) atoms. The number of aliphatic hydroxyl groups is 1. The molecule has 1 N–H and O–H groups in total. The molecule has 0 aliphatic rings. The van der Waals surface area contributed by atoms with Crippen molar-refractivity contribution in [3.05, 3.63) is 30.6 Å². The van der Waals surface area contributed by atoms with Gasteiger partial charge in [0.1, 0.15) is 6.54 Å². The first-order valence-electron chi connectivity index (χ1n) is 4.95. The molecule has 0 unspecified atom stereocenters. The van der Waals surface area contributed by atoms with E-state index in [4.69, 9.17) is 5.11 Å². The second-order valence-electron chi connectivity index (χ2n) is 3.31. The van der Waals surface area contributed by atoms with Crippen molar-refractivity contribution in [2.24, 2.45) is 0 Å². The van der Waals surface area contributed by atoms with E-state index in [2.05, 4.69) is 34.5 Å². The lowest BCUT2D eigenvalue weighted by Crippen LogP contribution is -3.00. The molecule has 1 aromatic heterocycles. The van der Waals surface area contributed by atoms with Crippen LogP contribution in [-0.2, 0) is 13.1 Å². The Labute approximate surface area is 99.7 Å². The number of para-hydroxylation sites is 2. The Morgan fingerprint density at radius 1 is 1.33 bits per heavy atom. The normalized spacial score (nSPS) is 10.3. The molecule has 1 heterocycles. The third kappa shape index (κ3) is 2.21. The first kappa shape index (κ1) is 12.2. The van der Waals surface area contributed by atoms with Crippen LogP contribution >= 0.6 is 0 Å². The van der Waals surface area contributed by atoms with Crippen LogP contribution in [0.2, 0.25) is 0 Å². The van der Waals surface area contributed by atoms with Crippen molar-refractivity contribution in [1.82, 2.24) is 4.57 Å². The maximum atomic E-state index is 8.93. The summed E-state index contributed by atoms with van der Waals surface area (Å²) in [5, 5.41) is 8.93. The van der Waals surface area contributed by atoms with E-state index in [0.717, 1.165) is 6.54 Å². The molecule has 4 heteroatoms. The molecule has 0 saturated heterocycles. The molecule has 0 radical (unpaired) electrons. The van der Waals surface area contributed by atoms with Gasteiger partial charge in [-0.25, -0.2) is 9.13 Å². The van der Waals surface area contributed by atoms with Crippen LogP contribution in [0, 0.1) is 0 Å². The minimum atomic E-state index is 0. The van der Waals surface area contributed by atoms with Crippen molar-refractivity contribution in [3.8, 4) is 0 Å². The Morgan fingerprint density at radius 2 is 2.07 bits per heavy atom. The third-order valence-electron chi connectivity index (χ3n) is 2.46. The topological polar surface area (TPSA) is 29.0 Å². The van der Waals surface area contributed by atoms with Crippen LogP contribution in [0.4, 0.5) is 0 Å². The van der Waals surface area contributed by atoms with E-state index in [1.54, 1.807) is 0 Å². The van der Waals surface area contributed by atoms with E-state index in [9.17, 15) is 0 Å². The highest BCUT2D eigenvalue weighted by Gasteiger charge is 2.12. The Kier molecular flexibility index (Phi) is 4.29. The quantitative estimate of drug-likeness (QED) is 0.639. The zero-order chi connectivity index (χ0) is 9.97. The summed E-state index contributed by atoms with van der Waals surface area (Å²) in [6, 6.07) is 8.25. The summed E-state index contributed by atoms with van der Waals surface area (Å²) in [6.45, 7) is 3.92. The standard InChI is InChI=1S/C11H15N2O.BrH/c1-2-12-9-13(7-8-14)11-6-4-3-5-10(11)12;/h3-6,9,14H,2,7-8H2,1H3;1H/q+1;/p-1. The fraction of sp³-hybridized carbons (Fsp3) is 0.364. The molecule has 0 amide bonds. The molecule has 82 valence electrons. The summed E-state index contributed by atoms with van der Waals surface area (Å²) < 4.78 is 4.27. The molecular formula is C11H15BrN2O. The first-order valence-corrected chi connectivity index (χ1v) is 4.95. The van der Waals surface area contributed by atoms with Crippen molar-refractivity contribution < 1.29 is 26.7 Å². The molecule has 0 aliphatic carbocycles. The predicted molar refractivity (Wildman–Crippen MR) is 54.9 cm³/mol. The van der Waals surface area contributed by atoms with Crippen molar-refractivity contribution in [3.63, 3.8) is 0 Å². The van der Waals surface area contributed by atoms with Gasteiger partial charge in [-0.1, -0.05) is 12.1 Å². The van der Waals surface area contributed by atoms with Crippen LogP contribution in [0.5, 0.6) is 0 Å². The third-order valence-corrected chi connectivity index (χ3v) is 2.46. The minimum absolute atomic E-state index is 0. The molecule has 0 aliphatic heterocycles. The Bertz CT molecular complexity index is 439. The van der Waals surface area contributed by atoms with Crippen molar-refractivity contribution in [1.29, 1.82) is 0 Å². The highest BCUT2D eigenvalue weighted by atomic mass is 79.9. The van der Waals surface area contributed by atoms with Crippen LogP contribution < -0.4 is 21.5 Å². The number of hydrogen-bond acceptors (Lipinski definition) is 1. The van der Waals surface area contributed by atoms with Gasteiger partial charge in [-0.3, -0.25) is 0 Å². The number of aliphatic hydroxyl groups excluding tert-OH is 1. The largest absolute Gasteiger partial charge is 1.00 e. The van der Waals surface area contributed by atoms with Gasteiger partial charge in [0.05, 0.1) is 13.2 Å². The lowest BCUT2D eigenvalue weighted by atomic mass is 10.3. The number of imidazole rings is 1. The number of aromatic nitrogens is 2. The van der Waals surface area contributed by atoms with Gasteiger partial charge < -0.3 is 22.1 Å². The second kappa shape index (κ2) is 5.28. The number of aryl methyl sites for hydroxylation is 1. The summed E-state index contributed by atoms with van der Waals surface area (Å²) in [5.74, 6) is 0. The van der Waals surface area contributed by atoms with Gasteiger partial charge in [0.25, 0.3) is 0 Å². The van der Waals surface area contributed by atoms with E-state index < -0.39 is 0 Å². The van der Waals surface area contributed by atoms with E-state index in [-0.39, 0.29) is 23.6 Å². The molecule has 1 aromatic carbocycles. The van der Waals surface area contributed by atoms with Gasteiger partial charge >= 0.3 is 0 Å². The van der Waals surface area contributed by atoms with Gasteiger partial charge in [-0.15, -0.1) is 0 Å². The fourth-order valence-electron chi connectivity index (χ4n) is 1.78. The van der Waals surface area contributed by atoms with Gasteiger partial charge in [-0.05, 0) is 19.1 Å². The van der Waals surface area contributed by atoms with E-state index in [0.29, 0.717) is 6.54 Å². The smallest absolute Gasteiger partial charge is 0.244 e. The molecular weight excluding hydrogens is 256 g/mol. The van der Waals surface area contributed by atoms with Crippen LogP contribution in [0.1, 0.15) is 6.92 Å². The number of fused-ring (bicyclic) bond motifs is 1. The monoisotopic (exact) mass is 270 g/mol. The Balaban J connectivity index is 0.00000112. The molecule has 2 rings (SSSR count). The Hall–Kier alpha value is -0.870. The summed E-state index contributed by atoms with van der Waals surface area (Å²) >= 11 is 0. The number of halogens is 1. The summed E-state index contributed by atoms with van der Waals surface area (Å²) in [4.78, 5) is 0.